The predicted octanol–water partition coefficient (Wildman–Crippen LogP) is 4.49. The van der Waals surface area contributed by atoms with Gasteiger partial charge in [-0.2, -0.15) is 0 Å². The summed E-state index contributed by atoms with van der Waals surface area (Å²) < 4.78 is 24.5. The van der Waals surface area contributed by atoms with Crippen molar-refractivity contribution in [3.63, 3.8) is 0 Å². The Bertz CT molecular complexity index is 1060. The molecule has 0 saturated heterocycles. The van der Waals surface area contributed by atoms with E-state index in [1.807, 2.05) is 24.0 Å². The SMILES string of the molecule is COc1ccc2c(c1)C(C)N(C(=O)Cc1nc(-c3cccc(F)c3)oc1C)CC2. The number of nitrogens with zero attached hydrogens (tertiary/aromatic N) is 2. The van der Waals surface area contributed by atoms with E-state index in [4.69, 9.17) is 9.15 Å². The summed E-state index contributed by atoms with van der Waals surface area (Å²) in [7, 11) is 1.64. The van der Waals surface area contributed by atoms with E-state index in [0.717, 1.165) is 17.7 Å². The van der Waals surface area contributed by atoms with E-state index in [1.54, 1.807) is 26.2 Å². The van der Waals surface area contributed by atoms with Gasteiger partial charge in [-0.15, -0.1) is 0 Å². The fraction of sp³-hybridized carbons (Fsp3) is 0.304. The molecule has 6 heteroatoms. The summed E-state index contributed by atoms with van der Waals surface area (Å²) in [5.41, 5.74) is 3.49. The van der Waals surface area contributed by atoms with Crippen LogP contribution in [0.4, 0.5) is 4.39 Å². The summed E-state index contributed by atoms with van der Waals surface area (Å²) in [5, 5.41) is 0. The van der Waals surface area contributed by atoms with E-state index in [0.29, 0.717) is 29.5 Å². The Morgan fingerprint density at radius 3 is 2.90 bits per heavy atom. The number of methoxy groups -OCH3 is 1. The van der Waals surface area contributed by atoms with Crippen LogP contribution in [0, 0.1) is 12.7 Å². The molecular weight excluding hydrogens is 371 g/mol. The molecule has 4 rings (SSSR count). The highest BCUT2D eigenvalue weighted by molar-refractivity contribution is 5.79. The minimum atomic E-state index is -0.354. The van der Waals surface area contributed by atoms with Crippen molar-refractivity contribution in [2.24, 2.45) is 0 Å². The molecule has 150 valence electrons. The number of oxazole rings is 1. The van der Waals surface area contributed by atoms with Crippen LogP contribution in [0.2, 0.25) is 0 Å². The van der Waals surface area contributed by atoms with Crippen molar-refractivity contribution in [3.05, 3.63) is 70.9 Å². The molecule has 0 aliphatic carbocycles. The smallest absolute Gasteiger partial charge is 0.229 e. The van der Waals surface area contributed by atoms with E-state index in [9.17, 15) is 9.18 Å². The van der Waals surface area contributed by atoms with Crippen molar-refractivity contribution in [3.8, 4) is 17.2 Å². The van der Waals surface area contributed by atoms with Crippen LogP contribution in [0.1, 0.15) is 35.5 Å². The zero-order valence-electron chi connectivity index (χ0n) is 16.7. The number of hydrogen-bond donors (Lipinski definition) is 0. The maximum absolute atomic E-state index is 13.5. The van der Waals surface area contributed by atoms with Crippen molar-refractivity contribution in [1.29, 1.82) is 0 Å². The Hall–Kier alpha value is -3.15. The molecule has 1 aliphatic rings. The van der Waals surface area contributed by atoms with Gasteiger partial charge in [-0.05, 0) is 61.7 Å². The molecule has 5 nitrogen and oxygen atoms in total. The number of rotatable bonds is 4. The Morgan fingerprint density at radius 2 is 2.14 bits per heavy atom. The number of carbonyl (C=O) groups is 1. The third-order valence-corrected chi connectivity index (χ3v) is 5.50. The van der Waals surface area contributed by atoms with Crippen LogP contribution in [0.25, 0.3) is 11.5 Å². The van der Waals surface area contributed by atoms with E-state index < -0.39 is 0 Å². The van der Waals surface area contributed by atoms with Gasteiger partial charge >= 0.3 is 0 Å². The number of benzene rings is 2. The van der Waals surface area contributed by atoms with Crippen molar-refractivity contribution in [2.45, 2.75) is 32.7 Å². The number of hydrogen-bond acceptors (Lipinski definition) is 4. The van der Waals surface area contributed by atoms with Gasteiger partial charge in [0.1, 0.15) is 17.3 Å². The van der Waals surface area contributed by atoms with Gasteiger partial charge in [0.15, 0.2) is 0 Å². The van der Waals surface area contributed by atoms with Gasteiger partial charge in [-0.1, -0.05) is 12.1 Å². The molecule has 0 radical (unpaired) electrons. The van der Waals surface area contributed by atoms with Crippen LogP contribution in [0.3, 0.4) is 0 Å². The zero-order valence-corrected chi connectivity index (χ0v) is 16.7. The Morgan fingerprint density at radius 1 is 1.31 bits per heavy atom. The molecule has 0 saturated carbocycles. The summed E-state index contributed by atoms with van der Waals surface area (Å²) in [6.07, 6.45) is 0.954. The maximum Gasteiger partial charge on any atom is 0.229 e. The second-order valence-electron chi connectivity index (χ2n) is 7.29. The molecule has 2 heterocycles. The molecule has 0 fully saturated rings. The second kappa shape index (κ2) is 7.70. The number of aryl methyl sites for hydroxylation is 1. The molecule has 3 aromatic rings. The highest BCUT2D eigenvalue weighted by Crippen LogP contribution is 2.33. The van der Waals surface area contributed by atoms with Gasteiger partial charge in [-0.25, -0.2) is 9.37 Å². The third kappa shape index (κ3) is 3.75. The highest BCUT2D eigenvalue weighted by Gasteiger charge is 2.29. The zero-order chi connectivity index (χ0) is 20.5. The minimum absolute atomic E-state index is 0.00633. The van der Waals surface area contributed by atoms with E-state index in [2.05, 4.69) is 11.1 Å². The molecule has 1 atom stereocenters. The van der Waals surface area contributed by atoms with Gasteiger partial charge in [0.05, 0.1) is 25.3 Å². The van der Waals surface area contributed by atoms with E-state index in [1.165, 1.54) is 17.7 Å². The molecule has 1 aliphatic heterocycles. The van der Waals surface area contributed by atoms with Crippen LogP contribution in [-0.4, -0.2) is 29.4 Å². The molecule has 29 heavy (non-hydrogen) atoms. The van der Waals surface area contributed by atoms with Crippen LogP contribution in [0.15, 0.2) is 46.9 Å². The lowest BCUT2D eigenvalue weighted by Gasteiger charge is -2.35. The normalized spacial score (nSPS) is 15.9. The minimum Gasteiger partial charge on any atom is -0.497 e. The molecule has 1 aromatic heterocycles. The first-order valence-corrected chi connectivity index (χ1v) is 9.65. The number of amides is 1. The molecule has 0 N–H and O–H groups in total. The van der Waals surface area contributed by atoms with Gasteiger partial charge in [0.25, 0.3) is 0 Å². The molecule has 1 amide bonds. The molecule has 0 spiro atoms. The topological polar surface area (TPSA) is 55.6 Å². The lowest BCUT2D eigenvalue weighted by Crippen LogP contribution is -2.39. The fourth-order valence-electron chi connectivity index (χ4n) is 3.84. The number of fused-ring (bicyclic) bond motifs is 1. The quantitative estimate of drug-likeness (QED) is 0.654. The summed E-state index contributed by atoms with van der Waals surface area (Å²) in [4.78, 5) is 19.4. The van der Waals surface area contributed by atoms with Crippen molar-refractivity contribution < 1.29 is 18.3 Å². The number of halogens is 1. The number of carbonyl (C=O) groups excluding carboxylic acids is 1. The highest BCUT2D eigenvalue weighted by atomic mass is 19.1. The summed E-state index contributed by atoms with van der Waals surface area (Å²) in [5.74, 6) is 1.33. The monoisotopic (exact) mass is 394 g/mol. The molecule has 2 aromatic carbocycles. The maximum atomic E-state index is 13.5. The summed E-state index contributed by atoms with van der Waals surface area (Å²) in [6, 6.07) is 12.1. The first-order chi connectivity index (χ1) is 14.0. The van der Waals surface area contributed by atoms with Crippen LogP contribution in [-0.2, 0) is 17.6 Å². The van der Waals surface area contributed by atoms with Crippen LogP contribution in [0.5, 0.6) is 5.75 Å². The van der Waals surface area contributed by atoms with Gasteiger partial charge in [0, 0.05) is 12.1 Å². The van der Waals surface area contributed by atoms with Gasteiger partial charge in [-0.3, -0.25) is 4.79 Å². The van der Waals surface area contributed by atoms with Crippen molar-refractivity contribution in [1.82, 2.24) is 9.88 Å². The largest absolute Gasteiger partial charge is 0.497 e. The number of ether oxygens (including phenoxy) is 1. The van der Waals surface area contributed by atoms with Crippen LogP contribution < -0.4 is 4.74 Å². The lowest BCUT2D eigenvalue weighted by molar-refractivity contribution is -0.133. The second-order valence-corrected chi connectivity index (χ2v) is 7.29. The first kappa shape index (κ1) is 19.2. The van der Waals surface area contributed by atoms with Crippen LogP contribution >= 0.6 is 0 Å². The Balaban J connectivity index is 1.54. The molecular formula is C23H23FN2O3. The van der Waals surface area contributed by atoms with Gasteiger partial charge < -0.3 is 14.1 Å². The average molecular weight is 394 g/mol. The predicted molar refractivity (Wildman–Crippen MR) is 107 cm³/mol. The first-order valence-electron chi connectivity index (χ1n) is 9.65. The number of aromatic nitrogens is 1. The summed E-state index contributed by atoms with van der Waals surface area (Å²) >= 11 is 0. The Kier molecular flexibility index (Phi) is 5.09. The van der Waals surface area contributed by atoms with Crippen molar-refractivity contribution >= 4 is 5.91 Å². The van der Waals surface area contributed by atoms with E-state index >= 15 is 0 Å². The fourth-order valence-corrected chi connectivity index (χ4v) is 3.84. The summed E-state index contributed by atoms with van der Waals surface area (Å²) in [6.45, 7) is 4.47. The lowest BCUT2D eigenvalue weighted by atomic mass is 9.93. The molecule has 0 bridgehead atoms. The standard InChI is InChI=1S/C23H23FN2O3/c1-14-20-12-19(28-3)8-7-16(20)9-10-26(14)22(27)13-21-15(2)29-23(25-21)17-5-4-6-18(24)11-17/h4-8,11-12,14H,9-10,13H2,1-3H3. The average Bonchev–Trinajstić information content (AvgIpc) is 3.08. The molecule has 1 unspecified atom stereocenters. The Labute approximate surface area is 169 Å². The van der Waals surface area contributed by atoms with E-state index in [-0.39, 0.29) is 24.2 Å². The van der Waals surface area contributed by atoms with Gasteiger partial charge in [0.2, 0.25) is 11.8 Å². The van der Waals surface area contributed by atoms with Crippen molar-refractivity contribution in [2.75, 3.05) is 13.7 Å². The third-order valence-electron chi connectivity index (χ3n) is 5.50.